The molecular weight excluding hydrogens is 326 g/mol. The predicted octanol–water partition coefficient (Wildman–Crippen LogP) is 3.41. The lowest BCUT2D eigenvalue weighted by Gasteiger charge is -2.32. The summed E-state index contributed by atoms with van der Waals surface area (Å²) in [4.78, 5) is 35.3. The maximum absolute atomic E-state index is 12.9. The molecule has 0 atom stereocenters. The third-order valence-corrected chi connectivity index (χ3v) is 5.56. The Labute approximate surface area is 153 Å². The van der Waals surface area contributed by atoms with Crippen LogP contribution < -0.4 is 0 Å². The van der Waals surface area contributed by atoms with Crippen molar-refractivity contribution in [3.63, 3.8) is 0 Å². The molecule has 5 heteroatoms. The quantitative estimate of drug-likeness (QED) is 0.780. The van der Waals surface area contributed by atoms with E-state index in [0.717, 1.165) is 62.0 Å². The average molecular weight is 349 g/mol. The summed E-state index contributed by atoms with van der Waals surface area (Å²) in [5.41, 5.74) is 3.62. The predicted molar refractivity (Wildman–Crippen MR) is 98.2 cm³/mol. The first-order valence-corrected chi connectivity index (χ1v) is 9.43. The van der Waals surface area contributed by atoms with Crippen LogP contribution in [0.3, 0.4) is 0 Å². The normalized spacial score (nSPS) is 18.3. The maximum atomic E-state index is 12.9. The van der Waals surface area contributed by atoms with Crippen LogP contribution in [-0.2, 0) is 6.42 Å². The molecule has 1 saturated heterocycles. The minimum absolute atomic E-state index is 0.0747. The Morgan fingerprint density at radius 3 is 2.65 bits per heavy atom. The van der Waals surface area contributed by atoms with Crippen molar-refractivity contribution >= 4 is 11.7 Å². The fourth-order valence-electron chi connectivity index (χ4n) is 4.04. The molecule has 0 N–H and O–H groups in total. The molecule has 1 aromatic heterocycles. The van der Waals surface area contributed by atoms with E-state index in [1.165, 1.54) is 0 Å². The van der Waals surface area contributed by atoms with Crippen molar-refractivity contribution in [3.8, 4) is 0 Å². The zero-order valence-corrected chi connectivity index (χ0v) is 14.9. The van der Waals surface area contributed by atoms with Crippen LogP contribution in [0.4, 0.5) is 0 Å². The minimum atomic E-state index is 0.0747. The number of aryl methyl sites for hydroxylation is 1. The highest BCUT2D eigenvalue weighted by molar-refractivity contribution is 6.00. The summed E-state index contributed by atoms with van der Waals surface area (Å²) >= 11 is 0. The number of hydrogen-bond donors (Lipinski definition) is 0. The van der Waals surface area contributed by atoms with Gasteiger partial charge in [-0.05, 0) is 55.9 Å². The van der Waals surface area contributed by atoms with E-state index in [2.05, 4.69) is 9.97 Å². The van der Waals surface area contributed by atoms with Crippen LogP contribution in [0, 0.1) is 0 Å². The van der Waals surface area contributed by atoms with Crippen molar-refractivity contribution in [2.45, 2.75) is 44.4 Å². The molecule has 0 saturated carbocycles. The number of aromatic nitrogens is 2. The van der Waals surface area contributed by atoms with Crippen molar-refractivity contribution in [1.82, 2.24) is 14.9 Å². The Hall–Kier alpha value is -2.56. The van der Waals surface area contributed by atoms with Gasteiger partial charge in [-0.2, -0.15) is 0 Å². The number of fused-ring (bicyclic) bond motifs is 1. The second kappa shape index (κ2) is 7.36. The molecule has 1 aliphatic carbocycles. The van der Waals surface area contributed by atoms with E-state index >= 15 is 0 Å². The molecule has 2 aromatic rings. The molecule has 4 rings (SSSR count). The van der Waals surface area contributed by atoms with Gasteiger partial charge in [-0.3, -0.25) is 9.59 Å². The number of amides is 1. The molecule has 0 spiro atoms. The number of Topliss-reactive ketones (excluding diaryl/α,β-unsaturated/α-hetero) is 1. The molecular formula is C21H23N3O2. The zero-order chi connectivity index (χ0) is 17.9. The first-order valence-electron chi connectivity index (χ1n) is 9.43. The van der Waals surface area contributed by atoms with Gasteiger partial charge in [0, 0.05) is 48.4 Å². The number of hydrogen-bond acceptors (Lipinski definition) is 4. The third kappa shape index (κ3) is 3.39. The SMILES string of the molecule is O=C1CCCCc2cc(C(=O)N3CCC(c4ccncn4)CC3)ccc21. The smallest absolute Gasteiger partial charge is 0.253 e. The van der Waals surface area contributed by atoms with E-state index in [0.29, 0.717) is 17.9 Å². The van der Waals surface area contributed by atoms with Gasteiger partial charge in [0.2, 0.25) is 0 Å². The summed E-state index contributed by atoms with van der Waals surface area (Å²) in [6.45, 7) is 1.48. The second-order valence-electron chi connectivity index (χ2n) is 7.20. The molecule has 1 aromatic carbocycles. The number of carbonyl (C=O) groups is 2. The monoisotopic (exact) mass is 349 g/mol. The summed E-state index contributed by atoms with van der Waals surface area (Å²) in [7, 11) is 0. The summed E-state index contributed by atoms with van der Waals surface area (Å²) in [5.74, 6) is 0.680. The molecule has 1 amide bonds. The van der Waals surface area contributed by atoms with Crippen LogP contribution in [0.25, 0.3) is 0 Å². The molecule has 1 fully saturated rings. The number of rotatable bonds is 2. The fourth-order valence-corrected chi connectivity index (χ4v) is 4.04. The summed E-state index contributed by atoms with van der Waals surface area (Å²) in [5, 5.41) is 0. The Morgan fingerprint density at radius 1 is 1.08 bits per heavy atom. The van der Waals surface area contributed by atoms with Crippen LogP contribution in [0.2, 0.25) is 0 Å². The summed E-state index contributed by atoms with van der Waals surface area (Å²) in [6, 6.07) is 7.58. The van der Waals surface area contributed by atoms with E-state index in [9.17, 15) is 9.59 Å². The second-order valence-corrected chi connectivity index (χ2v) is 7.20. The van der Waals surface area contributed by atoms with Crippen LogP contribution >= 0.6 is 0 Å². The first-order chi connectivity index (χ1) is 12.7. The molecule has 0 bridgehead atoms. The van der Waals surface area contributed by atoms with Gasteiger partial charge in [-0.25, -0.2) is 9.97 Å². The Morgan fingerprint density at radius 2 is 1.88 bits per heavy atom. The van der Waals surface area contributed by atoms with Gasteiger partial charge in [-0.1, -0.05) is 6.07 Å². The number of benzene rings is 1. The number of likely N-dealkylation sites (tertiary alicyclic amines) is 1. The van der Waals surface area contributed by atoms with Crippen LogP contribution in [-0.4, -0.2) is 39.6 Å². The molecule has 1 aliphatic heterocycles. The lowest BCUT2D eigenvalue weighted by Crippen LogP contribution is -2.38. The fraction of sp³-hybridized carbons (Fsp3) is 0.429. The van der Waals surface area contributed by atoms with Crippen molar-refractivity contribution in [3.05, 3.63) is 59.2 Å². The third-order valence-electron chi connectivity index (χ3n) is 5.56. The summed E-state index contributed by atoms with van der Waals surface area (Å²) < 4.78 is 0. The van der Waals surface area contributed by atoms with Crippen molar-refractivity contribution < 1.29 is 9.59 Å². The number of piperidine rings is 1. The van der Waals surface area contributed by atoms with Crippen molar-refractivity contribution in [2.24, 2.45) is 0 Å². The molecule has 0 unspecified atom stereocenters. The van der Waals surface area contributed by atoms with Gasteiger partial charge in [0.25, 0.3) is 5.91 Å². The zero-order valence-electron chi connectivity index (χ0n) is 14.9. The van der Waals surface area contributed by atoms with Crippen molar-refractivity contribution in [1.29, 1.82) is 0 Å². The Kier molecular flexibility index (Phi) is 4.78. The van der Waals surface area contributed by atoms with Gasteiger partial charge in [0.1, 0.15) is 6.33 Å². The number of nitrogens with zero attached hydrogens (tertiary/aromatic N) is 3. The van der Waals surface area contributed by atoms with Crippen LogP contribution in [0.1, 0.15) is 70.0 Å². The molecule has 2 aliphatic rings. The molecule has 26 heavy (non-hydrogen) atoms. The first kappa shape index (κ1) is 16.9. The van der Waals surface area contributed by atoms with Gasteiger partial charge in [0.15, 0.2) is 5.78 Å². The largest absolute Gasteiger partial charge is 0.339 e. The topological polar surface area (TPSA) is 63.2 Å². The standard InChI is InChI=1S/C21H23N3O2/c25-20-4-2-1-3-16-13-17(5-6-18(16)20)21(26)24-11-8-15(9-12-24)19-7-10-22-14-23-19/h5-7,10,13-15H,1-4,8-9,11-12H2. The van der Waals surface area contributed by atoms with E-state index < -0.39 is 0 Å². The lowest BCUT2D eigenvalue weighted by atomic mass is 9.92. The lowest BCUT2D eigenvalue weighted by molar-refractivity contribution is 0.0711. The Bertz CT molecular complexity index is 811. The van der Waals surface area contributed by atoms with E-state index in [1.54, 1.807) is 12.5 Å². The van der Waals surface area contributed by atoms with Crippen molar-refractivity contribution in [2.75, 3.05) is 13.1 Å². The van der Waals surface area contributed by atoms with E-state index in [4.69, 9.17) is 0 Å². The van der Waals surface area contributed by atoms with E-state index in [-0.39, 0.29) is 11.7 Å². The highest BCUT2D eigenvalue weighted by Gasteiger charge is 2.26. The van der Waals surface area contributed by atoms with Gasteiger partial charge in [0.05, 0.1) is 0 Å². The number of carbonyl (C=O) groups excluding carboxylic acids is 2. The molecule has 5 nitrogen and oxygen atoms in total. The summed E-state index contributed by atoms with van der Waals surface area (Å²) in [6.07, 6.45) is 8.67. The molecule has 2 heterocycles. The van der Waals surface area contributed by atoms with Gasteiger partial charge in [-0.15, -0.1) is 0 Å². The average Bonchev–Trinajstić information content (AvgIpc) is 2.89. The minimum Gasteiger partial charge on any atom is -0.339 e. The number of ketones is 1. The maximum Gasteiger partial charge on any atom is 0.253 e. The highest BCUT2D eigenvalue weighted by atomic mass is 16.2. The Balaban J connectivity index is 1.46. The van der Waals surface area contributed by atoms with Crippen LogP contribution in [0.5, 0.6) is 0 Å². The molecule has 134 valence electrons. The van der Waals surface area contributed by atoms with E-state index in [1.807, 2.05) is 29.2 Å². The van der Waals surface area contributed by atoms with Gasteiger partial charge < -0.3 is 4.90 Å². The van der Waals surface area contributed by atoms with Crippen LogP contribution in [0.15, 0.2) is 36.8 Å². The molecule has 0 radical (unpaired) electrons. The highest BCUT2D eigenvalue weighted by Crippen LogP contribution is 2.28. The van der Waals surface area contributed by atoms with Gasteiger partial charge >= 0.3 is 0 Å².